The third-order valence-electron chi connectivity index (χ3n) is 13.5. The van der Waals surface area contributed by atoms with E-state index in [0.717, 1.165) is 57.2 Å². The minimum atomic E-state index is -0.123. The molecule has 11 rings (SSSR count). The highest BCUT2D eigenvalue weighted by Gasteiger charge is 2.47. The molecular formula is C54H48BN3O. The van der Waals surface area contributed by atoms with Crippen molar-refractivity contribution in [1.29, 1.82) is 0 Å². The first-order valence-corrected chi connectivity index (χ1v) is 21.1. The Balaban J connectivity index is 1.19. The van der Waals surface area contributed by atoms with Crippen LogP contribution in [0.5, 0.6) is 0 Å². The highest BCUT2D eigenvalue weighted by Crippen LogP contribution is 2.51. The molecule has 0 spiro atoms. The number of aryl methyl sites for hydroxylation is 2. The summed E-state index contributed by atoms with van der Waals surface area (Å²) in [6, 6.07) is 58.0. The third kappa shape index (κ3) is 5.37. The lowest BCUT2D eigenvalue weighted by molar-refractivity contribution is 0.332. The van der Waals surface area contributed by atoms with Crippen LogP contribution in [0.15, 0.2) is 162 Å². The van der Waals surface area contributed by atoms with Gasteiger partial charge in [0.15, 0.2) is 0 Å². The molecule has 0 saturated carbocycles. The van der Waals surface area contributed by atoms with E-state index in [2.05, 4.69) is 214 Å². The van der Waals surface area contributed by atoms with Gasteiger partial charge in [0.1, 0.15) is 5.58 Å². The average Bonchev–Trinajstić information content (AvgIpc) is 3.63. The van der Waals surface area contributed by atoms with Crippen LogP contribution < -0.4 is 31.3 Å². The molecule has 8 aromatic rings. The van der Waals surface area contributed by atoms with E-state index in [1.165, 1.54) is 56.7 Å². The smallest absolute Gasteiger partial charge is 0.297 e. The highest BCUT2D eigenvalue weighted by molar-refractivity contribution is 7.00. The molecule has 0 radical (unpaired) electrons. The maximum Gasteiger partial charge on any atom is 0.297 e. The number of anilines is 9. The first-order chi connectivity index (χ1) is 28.6. The summed E-state index contributed by atoms with van der Waals surface area (Å²) in [5, 5.41) is 1.13. The van der Waals surface area contributed by atoms with E-state index in [1.807, 2.05) is 0 Å². The van der Waals surface area contributed by atoms with Crippen molar-refractivity contribution in [1.82, 2.24) is 0 Å². The van der Waals surface area contributed by atoms with E-state index in [9.17, 15) is 0 Å². The summed E-state index contributed by atoms with van der Waals surface area (Å²) in [4.78, 5) is 7.41. The van der Waals surface area contributed by atoms with E-state index >= 15 is 0 Å². The Bertz CT molecular complexity index is 2930. The second-order valence-electron chi connectivity index (χ2n) is 18.1. The molecule has 2 aliphatic heterocycles. The molecule has 0 atom stereocenters. The molecule has 1 aromatic heterocycles. The van der Waals surface area contributed by atoms with Crippen molar-refractivity contribution < 1.29 is 4.42 Å². The highest BCUT2D eigenvalue weighted by atomic mass is 16.3. The number of hydrogen-bond acceptors (Lipinski definition) is 4. The Morgan fingerprint density at radius 2 is 1.19 bits per heavy atom. The first kappa shape index (κ1) is 35.7. The van der Waals surface area contributed by atoms with Crippen molar-refractivity contribution in [2.45, 2.75) is 65.2 Å². The van der Waals surface area contributed by atoms with Crippen molar-refractivity contribution in [3.05, 3.63) is 180 Å². The molecular weight excluding hydrogens is 717 g/mol. The molecule has 3 heterocycles. The first-order valence-electron chi connectivity index (χ1n) is 21.1. The molecule has 0 bridgehead atoms. The summed E-state index contributed by atoms with van der Waals surface area (Å²) in [6.07, 6.45) is 2.35. The number of fused-ring (bicyclic) bond motifs is 7. The van der Waals surface area contributed by atoms with Gasteiger partial charge < -0.3 is 19.1 Å². The van der Waals surface area contributed by atoms with Crippen LogP contribution in [-0.2, 0) is 10.8 Å². The second-order valence-corrected chi connectivity index (χ2v) is 18.1. The van der Waals surface area contributed by atoms with Gasteiger partial charge in [-0.05, 0) is 143 Å². The lowest BCUT2D eigenvalue weighted by Gasteiger charge is -2.44. The molecule has 5 heteroatoms. The van der Waals surface area contributed by atoms with Crippen molar-refractivity contribution in [3.8, 4) is 0 Å². The topological polar surface area (TPSA) is 22.9 Å². The van der Waals surface area contributed by atoms with E-state index in [4.69, 9.17) is 4.42 Å². The van der Waals surface area contributed by atoms with Crippen LogP contribution in [0.3, 0.4) is 0 Å². The summed E-state index contributed by atoms with van der Waals surface area (Å²) in [5.74, 6) is 0. The predicted molar refractivity (Wildman–Crippen MR) is 250 cm³/mol. The summed E-state index contributed by atoms with van der Waals surface area (Å²) in [7, 11) is 0. The van der Waals surface area contributed by atoms with Crippen molar-refractivity contribution in [2.75, 3.05) is 14.7 Å². The molecule has 1 aliphatic carbocycles. The van der Waals surface area contributed by atoms with Crippen LogP contribution in [-0.4, -0.2) is 6.71 Å². The second kappa shape index (κ2) is 13.0. The predicted octanol–water partition coefficient (Wildman–Crippen LogP) is 13.0. The Kier molecular flexibility index (Phi) is 7.88. The SMILES string of the molecule is Cc1cccc(C)c1N(c1ccccc1)c1ccc2c(c1)N(c1ccccc1)c1cccc3c1B2c1oc2ccccc2c1N3c1ccc2c(c1)C(C)(C)CCC2(C)C. The van der Waals surface area contributed by atoms with Crippen molar-refractivity contribution in [2.24, 2.45) is 0 Å². The van der Waals surface area contributed by atoms with Gasteiger partial charge in [0.2, 0.25) is 0 Å². The zero-order valence-electron chi connectivity index (χ0n) is 34.8. The van der Waals surface area contributed by atoms with Gasteiger partial charge in [-0.2, -0.15) is 0 Å². The van der Waals surface area contributed by atoms with E-state index in [-0.39, 0.29) is 17.5 Å². The summed E-state index contributed by atoms with van der Waals surface area (Å²) in [5.41, 5.74) is 20.3. The van der Waals surface area contributed by atoms with Crippen LogP contribution in [0.2, 0.25) is 0 Å². The lowest BCUT2D eigenvalue weighted by Crippen LogP contribution is -2.61. The molecule has 0 fully saturated rings. The van der Waals surface area contributed by atoms with Crippen LogP contribution >= 0.6 is 0 Å². The lowest BCUT2D eigenvalue weighted by atomic mass is 9.35. The van der Waals surface area contributed by atoms with E-state index < -0.39 is 0 Å². The number of benzene rings is 7. The van der Waals surface area contributed by atoms with E-state index in [1.54, 1.807) is 0 Å². The summed E-state index contributed by atoms with van der Waals surface area (Å²) >= 11 is 0. The zero-order chi connectivity index (χ0) is 40.2. The molecule has 59 heavy (non-hydrogen) atoms. The molecule has 4 nitrogen and oxygen atoms in total. The number of hydrogen-bond donors (Lipinski definition) is 0. The van der Waals surface area contributed by atoms with Crippen LogP contribution in [0, 0.1) is 13.8 Å². The van der Waals surface area contributed by atoms with Crippen molar-refractivity contribution in [3.63, 3.8) is 0 Å². The quantitative estimate of drug-likeness (QED) is 0.163. The molecule has 288 valence electrons. The maximum absolute atomic E-state index is 7.15. The Morgan fingerprint density at radius 1 is 0.542 bits per heavy atom. The average molecular weight is 766 g/mol. The van der Waals surface area contributed by atoms with Gasteiger partial charge in [0.05, 0.1) is 17.0 Å². The fourth-order valence-corrected chi connectivity index (χ4v) is 10.5. The fraction of sp³-hybridized carbons (Fsp3) is 0.185. The number of nitrogens with zero attached hydrogens (tertiary/aromatic N) is 3. The van der Waals surface area contributed by atoms with Crippen LogP contribution in [0.1, 0.15) is 62.8 Å². The molecule has 7 aromatic carbocycles. The van der Waals surface area contributed by atoms with Crippen molar-refractivity contribution >= 4 is 85.5 Å². The van der Waals surface area contributed by atoms with Crippen LogP contribution in [0.25, 0.3) is 11.0 Å². The van der Waals surface area contributed by atoms with Crippen LogP contribution in [0.4, 0.5) is 51.2 Å². The van der Waals surface area contributed by atoms with Gasteiger partial charge in [0, 0.05) is 45.2 Å². The van der Waals surface area contributed by atoms with Gasteiger partial charge in [0.25, 0.3) is 6.71 Å². The standard InChI is InChI=1S/C54H48BN3O/c1-35-17-15-18-36(2)50(35)56(37-19-9-7-10-20-37)40-28-30-44-47(34-40)57(38-21-11-8-12-22-38)45-24-16-25-46-49(45)55(44)52-51(41-23-13-14-26-48(41)59-52)58(46)39-27-29-42-43(33-39)54(5,6)32-31-53(42,3)4/h7-30,33-34H,31-32H2,1-6H3. The Morgan fingerprint density at radius 3 is 1.93 bits per heavy atom. The molecule has 0 N–H and O–H groups in total. The molecule has 0 saturated heterocycles. The number of furan rings is 1. The number of rotatable bonds is 5. The Hall–Kier alpha value is -6.46. The molecule has 0 unspecified atom stereocenters. The molecule has 3 aliphatic rings. The van der Waals surface area contributed by atoms with E-state index in [0.29, 0.717) is 0 Å². The summed E-state index contributed by atoms with van der Waals surface area (Å²) in [6.45, 7) is 14.0. The van der Waals surface area contributed by atoms with Gasteiger partial charge in [-0.15, -0.1) is 0 Å². The van der Waals surface area contributed by atoms with Gasteiger partial charge >= 0.3 is 0 Å². The summed E-state index contributed by atoms with van der Waals surface area (Å²) < 4.78 is 7.15. The third-order valence-corrected chi connectivity index (χ3v) is 13.5. The maximum atomic E-state index is 7.15. The largest absolute Gasteiger partial charge is 0.468 e. The van der Waals surface area contributed by atoms with Gasteiger partial charge in [-0.1, -0.05) is 113 Å². The minimum absolute atomic E-state index is 0.0712. The minimum Gasteiger partial charge on any atom is -0.468 e. The number of para-hydroxylation sites is 4. The monoisotopic (exact) mass is 765 g/mol. The van der Waals surface area contributed by atoms with Gasteiger partial charge in [-0.3, -0.25) is 0 Å². The fourth-order valence-electron chi connectivity index (χ4n) is 10.5. The zero-order valence-corrected chi connectivity index (χ0v) is 34.8. The Labute approximate surface area is 348 Å². The normalized spacial score (nSPS) is 15.7. The molecule has 0 amide bonds. The van der Waals surface area contributed by atoms with Gasteiger partial charge in [-0.25, -0.2) is 0 Å².